The number of likely N-dealkylation sites (tertiary alicyclic amines) is 1. The van der Waals surface area contributed by atoms with E-state index >= 15 is 0 Å². The fourth-order valence-electron chi connectivity index (χ4n) is 4.95. The maximum absolute atomic E-state index is 13.7. The Kier molecular flexibility index (Phi) is 6.28. The molecule has 1 aliphatic rings. The lowest BCUT2D eigenvalue weighted by atomic mass is 9.86. The molecule has 0 aliphatic carbocycles. The number of benzene rings is 1. The van der Waals surface area contributed by atoms with Crippen LogP contribution < -0.4 is 0 Å². The van der Waals surface area contributed by atoms with E-state index in [2.05, 4.69) is 25.0 Å². The van der Waals surface area contributed by atoms with E-state index in [9.17, 15) is 9.59 Å². The van der Waals surface area contributed by atoms with E-state index in [1.807, 2.05) is 59.1 Å². The molecule has 0 N–H and O–H groups in total. The van der Waals surface area contributed by atoms with Gasteiger partial charge in [0.1, 0.15) is 0 Å². The Balaban J connectivity index is 1.40. The minimum atomic E-state index is -0.0525. The van der Waals surface area contributed by atoms with Crippen molar-refractivity contribution >= 4 is 34.1 Å². The van der Waals surface area contributed by atoms with Crippen LogP contribution in [0.15, 0.2) is 48.0 Å². The van der Waals surface area contributed by atoms with Crippen molar-refractivity contribution in [2.45, 2.75) is 46.6 Å². The number of aryl methyl sites for hydroxylation is 2. The fourth-order valence-corrected chi connectivity index (χ4v) is 5.63. The highest BCUT2D eigenvalue weighted by atomic mass is 32.1. The second-order valence-electron chi connectivity index (χ2n) is 9.70. The molecule has 35 heavy (non-hydrogen) atoms. The smallest absolute Gasteiger partial charge is 0.254 e. The van der Waals surface area contributed by atoms with Gasteiger partial charge in [-0.2, -0.15) is 5.10 Å². The summed E-state index contributed by atoms with van der Waals surface area (Å²) in [4.78, 5) is 34.7. The van der Waals surface area contributed by atoms with Gasteiger partial charge in [0, 0.05) is 30.6 Å². The fraction of sp³-hybridized carbons (Fsp3) is 0.357. The molecular weight excluding hydrogens is 456 g/mol. The number of rotatable bonds is 5. The molecule has 5 rings (SSSR count). The lowest BCUT2D eigenvalue weighted by Crippen LogP contribution is -2.40. The Morgan fingerprint density at radius 3 is 2.49 bits per heavy atom. The molecule has 7 heteroatoms. The van der Waals surface area contributed by atoms with Crippen molar-refractivity contribution in [2.24, 2.45) is 5.92 Å². The molecule has 1 aliphatic heterocycles. The average Bonchev–Trinajstić information content (AvgIpc) is 3.53. The molecule has 4 heterocycles. The van der Waals surface area contributed by atoms with Crippen LogP contribution in [0.25, 0.3) is 21.6 Å². The average molecular weight is 487 g/mol. The number of Topliss-reactive ketones (excluding diaryl/α,β-unsaturated/α-hetero) is 1. The number of piperidine rings is 1. The zero-order valence-corrected chi connectivity index (χ0v) is 21.4. The van der Waals surface area contributed by atoms with E-state index in [0.29, 0.717) is 31.5 Å². The summed E-state index contributed by atoms with van der Waals surface area (Å²) < 4.78 is 1.87. The number of hydrogen-bond acceptors (Lipinski definition) is 5. The van der Waals surface area contributed by atoms with Gasteiger partial charge >= 0.3 is 0 Å². The van der Waals surface area contributed by atoms with E-state index in [1.54, 1.807) is 17.5 Å². The number of amides is 1. The third kappa shape index (κ3) is 4.41. The number of thiophene rings is 1. The van der Waals surface area contributed by atoms with Crippen LogP contribution >= 0.6 is 11.3 Å². The minimum Gasteiger partial charge on any atom is -0.339 e. The van der Waals surface area contributed by atoms with Crippen molar-refractivity contribution in [1.82, 2.24) is 19.7 Å². The minimum absolute atomic E-state index is 0.0177. The van der Waals surface area contributed by atoms with Gasteiger partial charge in [0.15, 0.2) is 11.4 Å². The van der Waals surface area contributed by atoms with Crippen molar-refractivity contribution in [3.63, 3.8) is 0 Å². The van der Waals surface area contributed by atoms with Crippen LogP contribution in [-0.2, 0) is 0 Å². The van der Waals surface area contributed by atoms with E-state index in [4.69, 9.17) is 4.98 Å². The van der Waals surface area contributed by atoms with Crippen molar-refractivity contribution < 1.29 is 9.59 Å². The van der Waals surface area contributed by atoms with Gasteiger partial charge in [0.2, 0.25) is 0 Å². The molecule has 4 aromatic rings. The number of nitrogens with zero attached hydrogens (tertiary/aromatic N) is 4. The molecule has 6 nitrogen and oxygen atoms in total. The zero-order valence-electron chi connectivity index (χ0n) is 20.6. The largest absolute Gasteiger partial charge is 0.339 e. The summed E-state index contributed by atoms with van der Waals surface area (Å²) in [5.74, 6) is 0.123. The summed E-state index contributed by atoms with van der Waals surface area (Å²) in [7, 11) is 0. The van der Waals surface area contributed by atoms with Crippen molar-refractivity contribution in [3.05, 3.63) is 70.2 Å². The number of aromatic nitrogens is 3. The van der Waals surface area contributed by atoms with Gasteiger partial charge < -0.3 is 4.90 Å². The molecule has 1 saturated heterocycles. The maximum Gasteiger partial charge on any atom is 0.254 e. The SMILES string of the molecule is Cc1ccc(C(=O)C2CCN(C(=O)c3cc(-c4cccs4)nc4c3cnn4C(C)C)CC2)c(C)c1. The molecule has 1 amide bonds. The normalized spacial score (nSPS) is 14.7. The molecule has 0 radical (unpaired) electrons. The van der Waals surface area contributed by atoms with Gasteiger partial charge in [-0.1, -0.05) is 29.8 Å². The molecule has 3 aromatic heterocycles. The van der Waals surface area contributed by atoms with Crippen LogP contribution in [0.3, 0.4) is 0 Å². The summed E-state index contributed by atoms with van der Waals surface area (Å²) in [5.41, 5.74) is 5.14. The predicted molar refractivity (Wildman–Crippen MR) is 140 cm³/mol. The highest BCUT2D eigenvalue weighted by molar-refractivity contribution is 7.13. The summed E-state index contributed by atoms with van der Waals surface area (Å²) in [5, 5.41) is 7.32. The topological polar surface area (TPSA) is 68.1 Å². The first-order valence-electron chi connectivity index (χ1n) is 12.2. The maximum atomic E-state index is 13.7. The van der Waals surface area contributed by atoms with Crippen LogP contribution in [0, 0.1) is 19.8 Å². The summed E-state index contributed by atoms with van der Waals surface area (Å²) in [6.45, 7) is 9.29. The molecule has 0 atom stereocenters. The molecule has 0 unspecified atom stereocenters. The van der Waals surface area contributed by atoms with E-state index in [-0.39, 0.29) is 23.7 Å². The monoisotopic (exact) mass is 486 g/mol. The van der Waals surface area contributed by atoms with Gasteiger partial charge in [-0.15, -0.1) is 11.3 Å². The highest BCUT2D eigenvalue weighted by Crippen LogP contribution is 2.31. The van der Waals surface area contributed by atoms with Gasteiger partial charge in [0.05, 0.1) is 27.7 Å². The summed E-state index contributed by atoms with van der Waals surface area (Å²) in [6.07, 6.45) is 3.11. The first kappa shape index (κ1) is 23.4. The highest BCUT2D eigenvalue weighted by Gasteiger charge is 2.30. The second-order valence-corrected chi connectivity index (χ2v) is 10.6. The quantitative estimate of drug-likeness (QED) is 0.320. The molecule has 1 aromatic carbocycles. The Hall–Kier alpha value is -3.32. The number of pyridine rings is 1. The van der Waals surface area contributed by atoms with Crippen LogP contribution in [0.5, 0.6) is 0 Å². The lowest BCUT2D eigenvalue weighted by Gasteiger charge is -2.32. The Morgan fingerprint density at radius 1 is 1.06 bits per heavy atom. The molecule has 0 bridgehead atoms. The Morgan fingerprint density at radius 2 is 1.83 bits per heavy atom. The van der Waals surface area contributed by atoms with Gasteiger partial charge in [0.25, 0.3) is 5.91 Å². The van der Waals surface area contributed by atoms with Crippen LogP contribution in [-0.4, -0.2) is 44.4 Å². The number of fused-ring (bicyclic) bond motifs is 1. The number of carbonyl (C=O) groups excluding carboxylic acids is 2. The Labute approximate surface area is 209 Å². The first-order chi connectivity index (χ1) is 16.8. The second kappa shape index (κ2) is 9.38. The number of carbonyl (C=O) groups is 2. The lowest BCUT2D eigenvalue weighted by molar-refractivity contribution is 0.0651. The predicted octanol–water partition coefficient (Wildman–Crippen LogP) is 6.09. The van der Waals surface area contributed by atoms with Gasteiger partial charge in [-0.25, -0.2) is 9.67 Å². The van der Waals surface area contributed by atoms with Crippen LogP contribution in [0.4, 0.5) is 0 Å². The molecular formula is C28H30N4O2S. The van der Waals surface area contributed by atoms with Crippen LogP contribution in [0.2, 0.25) is 0 Å². The number of ketones is 1. The third-order valence-electron chi connectivity index (χ3n) is 6.86. The van der Waals surface area contributed by atoms with E-state index in [1.165, 1.54) is 0 Å². The standard InChI is InChI=1S/C28H30N4O2S/c1-17(2)32-27-23(16-29-32)22(15-24(30-27)25-6-5-13-35-25)28(34)31-11-9-20(10-12-31)26(33)21-8-7-18(3)14-19(21)4/h5-8,13-17,20H,9-12H2,1-4H3. The van der Waals surface area contributed by atoms with Crippen molar-refractivity contribution in [3.8, 4) is 10.6 Å². The molecule has 0 spiro atoms. The number of hydrogen-bond donors (Lipinski definition) is 0. The summed E-state index contributed by atoms with van der Waals surface area (Å²) in [6, 6.07) is 12.0. The molecule has 0 saturated carbocycles. The van der Waals surface area contributed by atoms with Gasteiger partial charge in [-0.05, 0) is 63.6 Å². The van der Waals surface area contributed by atoms with Crippen molar-refractivity contribution in [1.29, 1.82) is 0 Å². The third-order valence-corrected chi connectivity index (χ3v) is 7.75. The zero-order chi connectivity index (χ0) is 24.7. The van der Waals surface area contributed by atoms with E-state index < -0.39 is 0 Å². The van der Waals surface area contributed by atoms with Crippen LogP contribution in [0.1, 0.15) is 64.6 Å². The van der Waals surface area contributed by atoms with Crippen molar-refractivity contribution in [2.75, 3.05) is 13.1 Å². The van der Waals surface area contributed by atoms with Gasteiger partial charge in [-0.3, -0.25) is 9.59 Å². The molecule has 1 fully saturated rings. The Bertz CT molecular complexity index is 1400. The van der Waals surface area contributed by atoms with E-state index in [0.717, 1.165) is 38.3 Å². The first-order valence-corrected chi connectivity index (χ1v) is 13.0. The molecule has 180 valence electrons. The summed E-state index contributed by atoms with van der Waals surface area (Å²) >= 11 is 1.61.